The summed E-state index contributed by atoms with van der Waals surface area (Å²) < 4.78 is 0. The number of rotatable bonds is 4. The zero-order valence-electron chi connectivity index (χ0n) is 13.2. The van der Waals surface area contributed by atoms with E-state index in [0.29, 0.717) is 0 Å². The van der Waals surface area contributed by atoms with Crippen molar-refractivity contribution in [3.8, 4) is 0 Å². The van der Waals surface area contributed by atoms with Gasteiger partial charge in [-0.05, 0) is 18.1 Å². The van der Waals surface area contributed by atoms with E-state index in [1.165, 1.54) is 17.0 Å². The largest absolute Gasteiger partial charge is 0.545 e. The number of carbonyl (C=O) groups is 1. The van der Waals surface area contributed by atoms with Crippen molar-refractivity contribution in [2.45, 2.75) is 19.1 Å². The second-order valence-corrected chi connectivity index (χ2v) is 5.38. The number of carboxylic acids is 1. The van der Waals surface area contributed by atoms with Gasteiger partial charge in [0.05, 0.1) is 20.1 Å². The number of aromatic carboxylic acids is 1. The molecule has 118 valence electrons. The fourth-order valence-corrected chi connectivity index (χ4v) is 1.83. The Balaban J connectivity index is 0.000000235. The molecule has 0 aromatic heterocycles. The molecule has 22 heavy (non-hydrogen) atoms. The van der Waals surface area contributed by atoms with E-state index in [1.807, 2.05) is 37.3 Å². The summed E-state index contributed by atoms with van der Waals surface area (Å²) in [6.07, 6.45) is -0.369. The third kappa shape index (κ3) is 5.68. The molecule has 0 amide bonds. The molecule has 2 atom stereocenters. The summed E-state index contributed by atoms with van der Waals surface area (Å²) in [6, 6.07) is 18.1. The summed E-state index contributed by atoms with van der Waals surface area (Å²) in [4.78, 5) is 11.4. The van der Waals surface area contributed by atoms with Crippen molar-refractivity contribution in [1.29, 1.82) is 0 Å². The van der Waals surface area contributed by atoms with Crippen molar-refractivity contribution in [3.63, 3.8) is 0 Å². The van der Waals surface area contributed by atoms with Crippen LogP contribution in [0.25, 0.3) is 0 Å². The summed E-state index contributed by atoms with van der Waals surface area (Å²) in [5.41, 5.74) is 1.22. The van der Waals surface area contributed by atoms with Gasteiger partial charge >= 0.3 is 0 Å². The van der Waals surface area contributed by atoms with Gasteiger partial charge in [-0.1, -0.05) is 60.7 Å². The molecule has 0 aliphatic carbocycles. The molecule has 2 rings (SSSR count). The van der Waals surface area contributed by atoms with Crippen LogP contribution in [-0.4, -0.2) is 31.2 Å². The lowest BCUT2D eigenvalue weighted by atomic mass is 10.0. The molecule has 0 radical (unpaired) electrons. The minimum Gasteiger partial charge on any atom is -0.545 e. The van der Waals surface area contributed by atoms with Crippen LogP contribution < -0.4 is 10.0 Å². The van der Waals surface area contributed by atoms with Crippen molar-refractivity contribution in [2.75, 3.05) is 14.1 Å². The smallest absolute Gasteiger partial charge is 0.130 e. The average Bonchev–Trinajstić information content (AvgIpc) is 2.55. The van der Waals surface area contributed by atoms with E-state index < -0.39 is 5.97 Å². The van der Waals surface area contributed by atoms with Gasteiger partial charge in [-0.25, -0.2) is 0 Å². The van der Waals surface area contributed by atoms with E-state index >= 15 is 0 Å². The first-order valence-electron chi connectivity index (χ1n) is 7.23. The maximum Gasteiger partial charge on any atom is 0.130 e. The van der Waals surface area contributed by atoms with Crippen LogP contribution in [0.15, 0.2) is 60.7 Å². The summed E-state index contributed by atoms with van der Waals surface area (Å²) in [5.74, 6) is -1.13. The molecule has 0 bridgehead atoms. The number of nitrogens with one attached hydrogen (secondary N) is 1. The van der Waals surface area contributed by atoms with Gasteiger partial charge in [0.15, 0.2) is 0 Å². The molecule has 0 saturated heterocycles. The molecule has 0 aliphatic heterocycles. The number of carboxylic acid groups (broad SMARTS) is 1. The molecule has 0 unspecified atom stereocenters. The molecule has 4 heteroatoms. The number of hydrogen-bond acceptors (Lipinski definition) is 3. The molecule has 2 aromatic carbocycles. The van der Waals surface area contributed by atoms with E-state index in [0.717, 1.165) is 5.56 Å². The second-order valence-electron chi connectivity index (χ2n) is 5.38. The van der Waals surface area contributed by atoms with E-state index in [2.05, 4.69) is 14.1 Å². The van der Waals surface area contributed by atoms with Crippen LogP contribution in [0.3, 0.4) is 0 Å². The molecule has 0 saturated carbocycles. The number of likely N-dealkylation sites (N-methyl/N-ethyl adjacent to an activating group) is 1. The zero-order valence-corrected chi connectivity index (χ0v) is 13.2. The van der Waals surface area contributed by atoms with Crippen molar-refractivity contribution >= 4 is 5.97 Å². The van der Waals surface area contributed by atoms with Gasteiger partial charge in [0.1, 0.15) is 12.1 Å². The summed E-state index contributed by atoms with van der Waals surface area (Å²) in [5, 5.41) is 20.0. The Labute approximate surface area is 131 Å². The lowest BCUT2D eigenvalue weighted by molar-refractivity contribution is -0.888. The Morgan fingerprint density at radius 3 is 1.82 bits per heavy atom. The predicted octanol–water partition coefficient (Wildman–Crippen LogP) is 0.303. The van der Waals surface area contributed by atoms with E-state index in [-0.39, 0.29) is 17.7 Å². The van der Waals surface area contributed by atoms with Crippen LogP contribution in [0.2, 0.25) is 0 Å². The Kier molecular flexibility index (Phi) is 7.29. The second kappa shape index (κ2) is 8.97. The maximum atomic E-state index is 10.1. The molecular formula is C18H23NO3. The highest BCUT2D eigenvalue weighted by Gasteiger charge is 2.20. The molecule has 0 aliphatic rings. The van der Waals surface area contributed by atoms with Gasteiger partial charge in [0.25, 0.3) is 0 Å². The third-order valence-corrected chi connectivity index (χ3v) is 3.53. The highest BCUT2D eigenvalue weighted by molar-refractivity contribution is 5.85. The van der Waals surface area contributed by atoms with Gasteiger partial charge in [-0.2, -0.15) is 0 Å². The summed E-state index contributed by atoms with van der Waals surface area (Å²) in [7, 11) is 4.10. The highest BCUT2D eigenvalue weighted by Crippen LogP contribution is 2.13. The van der Waals surface area contributed by atoms with Crippen molar-refractivity contribution in [1.82, 2.24) is 0 Å². The van der Waals surface area contributed by atoms with E-state index in [9.17, 15) is 15.0 Å². The molecule has 2 aromatic rings. The average molecular weight is 301 g/mol. The SMILES string of the molecule is C[C@H]([C@@H](O)c1ccccc1)[NH+](C)C.O=C([O-])c1ccccc1. The fourth-order valence-electron chi connectivity index (χ4n) is 1.83. The first kappa shape index (κ1) is 17.9. The maximum absolute atomic E-state index is 10.1. The Morgan fingerprint density at radius 2 is 1.45 bits per heavy atom. The molecule has 0 spiro atoms. The van der Waals surface area contributed by atoms with Crippen LogP contribution in [-0.2, 0) is 0 Å². The Bertz CT molecular complexity index is 555. The van der Waals surface area contributed by atoms with Gasteiger partial charge in [0.2, 0.25) is 0 Å². The van der Waals surface area contributed by atoms with Crippen molar-refractivity contribution < 1.29 is 19.9 Å². The molecular weight excluding hydrogens is 278 g/mol. The fraction of sp³-hybridized carbons (Fsp3) is 0.278. The number of hydrogen-bond donors (Lipinski definition) is 2. The Hall–Kier alpha value is -2.17. The monoisotopic (exact) mass is 301 g/mol. The summed E-state index contributed by atoms with van der Waals surface area (Å²) >= 11 is 0. The number of aliphatic hydroxyl groups is 1. The molecule has 2 N–H and O–H groups in total. The van der Waals surface area contributed by atoms with Crippen LogP contribution >= 0.6 is 0 Å². The van der Waals surface area contributed by atoms with E-state index in [4.69, 9.17) is 0 Å². The van der Waals surface area contributed by atoms with Crippen molar-refractivity contribution in [3.05, 3.63) is 71.8 Å². The highest BCUT2D eigenvalue weighted by atomic mass is 16.4. The first-order valence-corrected chi connectivity index (χ1v) is 7.23. The van der Waals surface area contributed by atoms with E-state index in [1.54, 1.807) is 18.2 Å². The van der Waals surface area contributed by atoms with Gasteiger partial charge < -0.3 is 19.9 Å². The quantitative estimate of drug-likeness (QED) is 0.854. The molecule has 0 heterocycles. The van der Waals surface area contributed by atoms with Crippen LogP contribution in [0, 0.1) is 0 Å². The first-order chi connectivity index (χ1) is 10.4. The predicted molar refractivity (Wildman–Crippen MR) is 84.4 cm³/mol. The lowest BCUT2D eigenvalue weighted by Gasteiger charge is -2.22. The van der Waals surface area contributed by atoms with Crippen LogP contribution in [0.5, 0.6) is 0 Å². The molecule has 4 nitrogen and oxygen atoms in total. The standard InChI is InChI=1S/C11H17NO.C7H6O2/c1-9(12(2)3)11(13)10-7-5-4-6-8-10;8-7(9)6-4-2-1-3-5-6/h4-9,11,13H,1-3H3;1-5H,(H,8,9)/t9-,11-;/m1./s1. The number of aliphatic hydroxyl groups excluding tert-OH is 1. The minimum atomic E-state index is -1.13. The van der Waals surface area contributed by atoms with Gasteiger partial charge in [0, 0.05) is 0 Å². The number of carbonyl (C=O) groups excluding carboxylic acids is 1. The van der Waals surface area contributed by atoms with Gasteiger partial charge in [-0.3, -0.25) is 0 Å². The third-order valence-electron chi connectivity index (χ3n) is 3.53. The minimum absolute atomic E-state index is 0.220. The molecule has 0 fully saturated rings. The summed E-state index contributed by atoms with van der Waals surface area (Å²) in [6.45, 7) is 2.05. The number of benzene rings is 2. The van der Waals surface area contributed by atoms with Crippen LogP contribution in [0.4, 0.5) is 0 Å². The van der Waals surface area contributed by atoms with Crippen LogP contribution in [0.1, 0.15) is 28.9 Å². The van der Waals surface area contributed by atoms with Gasteiger partial charge in [-0.15, -0.1) is 0 Å². The topological polar surface area (TPSA) is 64.8 Å². The lowest BCUT2D eigenvalue weighted by Crippen LogP contribution is -3.10. The normalized spacial score (nSPS) is 13.0. The zero-order chi connectivity index (χ0) is 16.5. The van der Waals surface area contributed by atoms with Crippen molar-refractivity contribution in [2.24, 2.45) is 0 Å². The number of quaternary nitrogens is 1. The Morgan fingerprint density at radius 1 is 1.00 bits per heavy atom.